The fourth-order valence-electron chi connectivity index (χ4n) is 2.35. The van der Waals surface area contributed by atoms with Crippen LogP contribution in [0, 0.1) is 0 Å². The Morgan fingerprint density at radius 3 is 2.77 bits per heavy atom. The van der Waals surface area contributed by atoms with Crippen LogP contribution in [0.1, 0.15) is 0 Å². The number of nitrogens with zero attached hydrogens (tertiary/aromatic N) is 1. The van der Waals surface area contributed by atoms with Gasteiger partial charge in [0.05, 0.1) is 21.3 Å². The Morgan fingerprint density at radius 2 is 1.95 bits per heavy atom. The Balaban J connectivity index is 1.93. The van der Waals surface area contributed by atoms with E-state index in [1.807, 2.05) is 42.5 Å². The van der Waals surface area contributed by atoms with Gasteiger partial charge in [-0.25, -0.2) is 4.98 Å². The van der Waals surface area contributed by atoms with Gasteiger partial charge in [0.15, 0.2) is 0 Å². The van der Waals surface area contributed by atoms with E-state index in [0.29, 0.717) is 14.9 Å². The minimum atomic E-state index is -0.181. The molecule has 0 saturated carbocycles. The van der Waals surface area contributed by atoms with E-state index in [4.69, 9.17) is 0 Å². The number of phenols is 1. The minimum Gasteiger partial charge on any atom is -0.505 e. The summed E-state index contributed by atoms with van der Waals surface area (Å²) in [6.07, 6.45) is 1.39. The second-order valence-corrected chi connectivity index (χ2v) is 6.83. The van der Waals surface area contributed by atoms with Crippen LogP contribution in [-0.4, -0.2) is 15.1 Å². The van der Waals surface area contributed by atoms with Crippen LogP contribution in [-0.2, 0) is 0 Å². The Labute approximate surface area is 133 Å². The van der Waals surface area contributed by atoms with E-state index in [1.165, 1.54) is 29.4 Å². The van der Waals surface area contributed by atoms with Crippen molar-refractivity contribution in [2.24, 2.45) is 0 Å². The second-order valence-electron chi connectivity index (χ2n) is 4.72. The molecule has 4 aromatic rings. The highest BCUT2D eigenvalue weighted by molar-refractivity contribution is 7.99. The first-order valence-corrected chi connectivity index (χ1v) is 8.22. The molecular formula is C16H10N2O2S2. The highest BCUT2D eigenvalue weighted by Gasteiger charge is 2.15. The Morgan fingerprint density at radius 1 is 1.14 bits per heavy atom. The van der Waals surface area contributed by atoms with Gasteiger partial charge in [-0.1, -0.05) is 36.0 Å². The van der Waals surface area contributed by atoms with E-state index in [1.54, 1.807) is 0 Å². The number of phenolic OH excluding ortho intramolecular Hbond substituents is 1. The van der Waals surface area contributed by atoms with Gasteiger partial charge in [0.25, 0.3) is 5.56 Å². The maximum atomic E-state index is 12.0. The Bertz CT molecular complexity index is 1040. The van der Waals surface area contributed by atoms with Gasteiger partial charge in [-0.3, -0.25) is 4.79 Å². The molecule has 4 nitrogen and oxygen atoms in total. The van der Waals surface area contributed by atoms with Crippen LogP contribution < -0.4 is 5.56 Å². The highest BCUT2D eigenvalue weighted by atomic mass is 32.2. The van der Waals surface area contributed by atoms with Crippen molar-refractivity contribution in [3.8, 4) is 5.75 Å². The third kappa shape index (κ3) is 2.08. The van der Waals surface area contributed by atoms with E-state index in [9.17, 15) is 9.90 Å². The molecule has 4 rings (SSSR count). The first-order valence-electron chi connectivity index (χ1n) is 6.59. The molecule has 108 valence electrons. The summed E-state index contributed by atoms with van der Waals surface area (Å²) >= 11 is 2.83. The van der Waals surface area contributed by atoms with Crippen molar-refractivity contribution in [3.05, 3.63) is 59.1 Å². The second kappa shape index (κ2) is 5.15. The summed E-state index contributed by atoms with van der Waals surface area (Å²) in [7, 11) is 0. The fraction of sp³-hybridized carbons (Fsp3) is 0. The summed E-state index contributed by atoms with van der Waals surface area (Å²) < 4.78 is 0.695. The molecule has 2 heterocycles. The SMILES string of the molecule is O=c1[nH]cnc2sc3c(O)c(Sc4ccccc4)ccc3c12. The molecule has 0 aliphatic rings. The van der Waals surface area contributed by atoms with Crippen LogP contribution in [0.15, 0.2) is 63.4 Å². The van der Waals surface area contributed by atoms with E-state index in [0.717, 1.165) is 15.2 Å². The lowest BCUT2D eigenvalue weighted by Gasteiger charge is -2.05. The van der Waals surface area contributed by atoms with Gasteiger partial charge in [0.1, 0.15) is 10.6 Å². The van der Waals surface area contributed by atoms with Gasteiger partial charge in [-0.15, -0.1) is 11.3 Å². The molecule has 2 N–H and O–H groups in total. The van der Waals surface area contributed by atoms with Gasteiger partial charge >= 0.3 is 0 Å². The van der Waals surface area contributed by atoms with Crippen molar-refractivity contribution < 1.29 is 5.11 Å². The molecule has 0 aliphatic carbocycles. The monoisotopic (exact) mass is 326 g/mol. The maximum absolute atomic E-state index is 12.0. The predicted molar refractivity (Wildman–Crippen MR) is 90.0 cm³/mol. The van der Waals surface area contributed by atoms with Gasteiger partial charge in [-0.05, 0) is 18.2 Å². The number of hydrogen-bond acceptors (Lipinski definition) is 5. The van der Waals surface area contributed by atoms with Crippen molar-refractivity contribution in [1.82, 2.24) is 9.97 Å². The third-order valence-electron chi connectivity index (χ3n) is 3.35. The number of aromatic nitrogens is 2. The van der Waals surface area contributed by atoms with Crippen molar-refractivity contribution in [3.63, 3.8) is 0 Å². The molecule has 0 atom stereocenters. The zero-order chi connectivity index (χ0) is 15.1. The number of H-pyrrole nitrogens is 1. The van der Waals surface area contributed by atoms with Crippen molar-refractivity contribution >= 4 is 43.4 Å². The molecular weight excluding hydrogens is 316 g/mol. The Hall–Kier alpha value is -2.31. The molecule has 0 radical (unpaired) electrons. The average molecular weight is 326 g/mol. The third-order valence-corrected chi connectivity index (χ3v) is 5.53. The molecule has 0 bridgehead atoms. The van der Waals surface area contributed by atoms with Crippen molar-refractivity contribution in [1.29, 1.82) is 0 Å². The molecule has 0 fully saturated rings. The van der Waals surface area contributed by atoms with E-state index in [2.05, 4.69) is 9.97 Å². The van der Waals surface area contributed by atoms with E-state index in [-0.39, 0.29) is 11.3 Å². The normalized spacial score (nSPS) is 11.3. The largest absolute Gasteiger partial charge is 0.505 e. The summed E-state index contributed by atoms with van der Waals surface area (Å²) in [5.41, 5.74) is -0.181. The topological polar surface area (TPSA) is 66.0 Å². The first-order chi connectivity index (χ1) is 10.7. The number of rotatable bonds is 2. The van der Waals surface area contributed by atoms with Crippen LogP contribution in [0.4, 0.5) is 0 Å². The number of hydrogen-bond donors (Lipinski definition) is 2. The van der Waals surface area contributed by atoms with Crippen LogP contribution in [0.3, 0.4) is 0 Å². The first kappa shape index (κ1) is 13.4. The van der Waals surface area contributed by atoms with Crippen molar-refractivity contribution in [2.45, 2.75) is 9.79 Å². The zero-order valence-electron chi connectivity index (χ0n) is 11.2. The lowest BCUT2D eigenvalue weighted by Crippen LogP contribution is -2.04. The number of aromatic hydroxyl groups is 1. The van der Waals surface area contributed by atoms with Gasteiger partial charge in [-0.2, -0.15) is 0 Å². The minimum absolute atomic E-state index is 0.181. The molecule has 0 saturated heterocycles. The molecule has 0 spiro atoms. The lowest BCUT2D eigenvalue weighted by molar-refractivity contribution is 0.470. The summed E-state index contributed by atoms with van der Waals surface area (Å²) in [6.45, 7) is 0. The van der Waals surface area contributed by atoms with Crippen LogP contribution in [0.5, 0.6) is 5.75 Å². The van der Waals surface area contributed by atoms with Crippen LogP contribution in [0.2, 0.25) is 0 Å². The predicted octanol–water partition coefficient (Wildman–Crippen LogP) is 3.99. The number of nitrogens with one attached hydrogen (secondary N) is 1. The number of fused-ring (bicyclic) bond motifs is 3. The van der Waals surface area contributed by atoms with Crippen LogP contribution >= 0.6 is 23.1 Å². The molecule has 22 heavy (non-hydrogen) atoms. The summed E-state index contributed by atoms with van der Waals surface area (Å²) in [4.78, 5) is 21.2. The molecule has 0 amide bonds. The lowest BCUT2D eigenvalue weighted by atomic mass is 10.2. The van der Waals surface area contributed by atoms with Gasteiger partial charge in [0.2, 0.25) is 0 Å². The number of aromatic amines is 1. The number of benzene rings is 2. The zero-order valence-corrected chi connectivity index (χ0v) is 12.9. The van der Waals surface area contributed by atoms with Gasteiger partial charge in [0, 0.05) is 10.3 Å². The molecule has 6 heteroatoms. The summed E-state index contributed by atoms with van der Waals surface area (Å²) in [6, 6.07) is 13.6. The average Bonchev–Trinajstić information content (AvgIpc) is 2.92. The highest BCUT2D eigenvalue weighted by Crippen LogP contribution is 2.43. The van der Waals surface area contributed by atoms with E-state index < -0.39 is 0 Å². The van der Waals surface area contributed by atoms with E-state index >= 15 is 0 Å². The molecule has 0 aliphatic heterocycles. The van der Waals surface area contributed by atoms with Gasteiger partial charge < -0.3 is 10.1 Å². The quantitative estimate of drug-likeness (QED) is 0.584. The fourth-order valence-corrected chi connectivity index (χ4v) is 4.38. The van der Waals surface area contributed by atoms with Crippen LogP contribution in [0.25, 0.3) is 20.3 Å². The molecule has 2 aromatic carbocycles. The molecule has 2 aromatic heterocycles. The molecule has 0 unspecified atom stereocenters. The summed E-state index contributed by atoms with van der Waals surface area (Å²) in [5.74, 6) is 0.203. The maximum Gasteiger partial charge on any atom is 0.260 e. The van der Waals surface area contributed by atoms with Crippen molar-refractivity contribution in [2.75, 3.05) is 0 Å². The summed E-state index contributed by atoms with van der Waals surface area (Å²) in [5, 5.41) is 11.8. The Kier molecular flexibility index (Phi) is 3.13. The standard InChI is InChI=1S/C16H10N2O2S2/c19-13-11(21-9-4-2-1-3-5-9)7-6-10-12-15(20)17-8-18-16(12)22-14(10)13/h1-8,19H,(H,17,18,20). The smallest absolute Gasteiger partial charge is 0.260 e. The number of thiophene rings is 1.